The first-order chi connectivity index (χ1) is 32.3. The maximum absolute atomic E-state index is 14.1. The summed E-state index contributed by atoms with van der Waals surface area (Å²) < 4.78 is 52.0. The lowest BCUT2D eigenvalue weighted by molar-refractivity contribution is -0.152. The van der Waals surface area contributed by atoms with E-state index in [1.54, 1.807) is 13.2 Å². The van der Waals surface area contributed by atoms with Gasteiger partial charge in [-0.1, -0.05) is 146 Å². The molecule has 0 N–H and O–H groups in total. The Morgan fingerprint density at radius 2 is 1.42 bits per heavy atom. The van der Waals surface area contributed by atoms with Gasteiger partial charge >= 0.3 is 5.97 Å². The number of methoxy groups -OCH3 is 1. The van der Waals surface area contributed by atoms with Crippen LogP contribution in [0.25, 0.3) is 10.4 Å². The van der Waals surface area contributed by atoms with Gasteiger partial charge in [-0.2, -0.15) is 0 Å². The average Bonchev–Trinajstić information content (AvgIpc) is 3.58. The second-order valence-electron chi connectivity index (χ2n) is 22.7. The van der Waals surface area contributed by atoms with Gasteiger partial charge in [0.2, 0.25) is 0 Å². The lowest BCUT2D eigenvalue weighted by Gasteiger charge is -2.45. The fraction of sp³-hybridized carbons (Fsp3) is 0.611. The summed E-state index contributed by atoms with van der Waals surface area (Å²) in [5, 5.41) is 5.93. The number of ether oxygens (including phenoxy) is 6. The van der Waals surface area contributed by atoms with Gasteiger partial charge in [-0.05, 0) is 110 Å². The standard InChI is InChI=1S/C54H85N3O9Si3/c1-40(41(2)65-69(53(6,7)8,42-25-19-17-20-26-42)43-27-21-18-22-28-43)31-32-48(66-68(15,16)52(3,4)5)50-47(63-54(9,10)64-50)30-23-29-44-45(60-36-24-35-56-57-55)33-34-46(62-39-59-11)49(44)51(58)61-37-38-67(12,13)14/h17-22,25-28,31-34,40-41,47-48,50H,23-24,29-30,35-39H2,1-16H3/b32-31-/t40-,41?,47+,48?,50+/m1/s1. The van der Waals surface area contributed by atoms with Crippen LogP contribution in [0.5, 0.6) is 11.5 Å². The van der Waals surface area contributed by atoms with Gasteiger partial charge < -0.3 is 37.3 Å². The van der Waals surface area contributed by atoms with Crippen molar-refractivity contribution in [2.24, 2.45) is 11.0 Å². The van der Waals surface area contributed by atoms with E-state index in [4.69, 9.17) is 42.8 Å². The first-order valence-electron chi connectivity index (χ1n) is 24.9. The van der Waals surface area contributed by atoms with Crippen LogP contribution in [-0.2, 0) is 34.2 Å². The Balaban J connectivity index is 1.70. The SMILES string of the molecule is COCOc1ccc(OCCCN=[N+]=[N-])c(CCC[C@@H]2OC(C)(C)O[C@@H]2C(/C=C\[C@@H](C)C(C)O[Si](c2ccccc2)(c2ccccc2)C(C)(C)C)O[Si](C)(C)C(C)(C)C)c1C(=O)OCC[Si](C)(C)C. The molecule has 1 heterocycles. The molecule has 382 valence electrons. The Morgan fingerprint density at radius 1 is 0.812 bits per heavy atom. The van der Waals surface area contributed by atoms with Gasteiger partial charge in [0.25, 0.3) is 8.32 Å². The average molecular weight is 1000 g/mol. The highest BCUT2D eigenvalue weighted by molar-refractivity contribution is 6.99. The predicted molar refractivity (Wildman–Crippen MR) is 287 cm³/mol. The third-order valence-electron chi connectivity index (χ3n) is 13.4. The summed E-state index contributed by atoms with van der Waals surface area (Å²) >= 11 is 0. The topological polar surface area (TPSA) is 140 Å². The number of nitrogens with zero attached hydrogens (tertiary/aromatic N) is 3. The van der Waals surface area contributed by atoms with Gasteiger partial charge in [-0.25, -0.2) is 4.79 Å². The Hall–Kier alpha value is -3.77. The summed E-state index contributed by atoms with van der Waals surface area (Å²) in [6.07, 6.45) is 5.33. The second kappa shape index (κ2) is 25.1. The molecular formula is C54H85N3O9Si3. The molecule has 0 aliphatic carbocycles. The van der Waals surface area contributed by atoms with Gasteiger partial charge in [0, 0.05) is 38.3 Å². The van der Waals surface area contributed by atoms with Crippen LogP contribution in [0.3, 0.4) is 0 Å². The fourth-order valence-electron chi connectivity index (χ4n) is 8.44. The van der Waals surface area contributed by atoms with Crippen LogP contribution in [-0.4, -0.2) is 94.5 Å². The Morgan fingerprint density at radius 3 is 1.97 bits per heavy atom. The van der Waals surface area contributed by atoms with Crippen molar-refractivity contribution in [1.29, 1.82) is 0 Å². The molecule has 2 unspecified atom stereocenters. The first-order valence-corrected chi connectivity index (χ1v) is 33.4. The molecule has 15 heteroatoms. The molecule has 69 heavy (non-hydrogen) atoms. The van der Waals surface area contributed by atoms with Crippen LogP contribution in [0, 0.1) is 5.92 Å². The summed E-state index contributed by atoms with van der Waals surface area (Å²) in [6.45, 7) is 34.2. The van der Waals surface area contributed by atoms with Crippen LogP contribution in [0.2, 0.25) is 48.9 Å². The molecule has 0 spiro atoms. The van der Waals surface area contributed by atoms with Crippen LogP contribution in [0.15, 0.2) is 90.1 Å². The minimum absolute atomic E-state index is 0.0209. The van der Waals surface area contributed by atoms with E-state index >= 15 is 0 Å². The van der Waals surface area contributed by atoms with Crippen molar-refractivity contribution >= 4 is 41.1 Å². The lowest BCUT2D eigenvalue weighted by atomic mass is 9.96. The quantitative estimate of drug-likeness (QED) is 0.0112. The van der Waals surface area contributed by atoms with E-state index in [1.807, 2.05) is 19.9 Å². The molecule has 1 fully saturated rings. The van der Waals surface area contributed by atoms with Crippen molar-refractivity contribution < 1.29 is 42.1 Å². The van der Waals surface area contributed by atoms with E-state index in [1.165, 1.54) is 10.4 Å². The number of benzene rings is 3. The highest BCUT2D eigenvalue weighted by Gasteiger charge is 2.52. The number of carbonyl (C=O) groups is 1. The van der Waals surface area contributed by atoms with E-state index in [-0.39, 0.29) is 35.0 Å². The van der Waals surface area contributed by atoms with Gasteiger partial charge in [0.1, 0.15) is 23.2 Å². The fourth-order valence-corrected chi connectivity index (χ4v) is 15.2. The molecule has 5 atom stereocenters. The molecule has 0 bridgehead atoms. The van der Waals surface area contributed by atoms with Gasteiger partial charge in [-0.15, -0.1) is 0 Å². The number of carbonyl (C=O) groups excluding carboxylic acids is 1. The Labute approximate surface area is 418 Å². The summed E-state index contributed by atoms with van der Waals surface area (Å²) in [4.78, 5) is 17.0. The summed E-state index contributed by atoms with van der Waals surface area (Å²) in [5.74, 6) is -0.413. The molecule has 0 amide bonds. The van der Waals surface area contributed by atoms with Crippen molar-refractivity contribution in [3.63, 3.8) is 0 Å². The largest absolute Gasteiger partial charge is 0.493 e. The van der Waals surface area contributed by atoms with Crippen molar-refractivity contribution in [3.05, 3.63) is 107 Å². The molecule has 1 aliphatic heterocycles. The van der Waals surface area contributed by atoms with Gasteiger partial charge in [0.15, 0.2) is 20.9 Å². The molecular weight excluding hydrogens is 919 g/mol. The van der Waals surface area contributed by atoms with Crippen molar-refractivity contribution in [2.45, 2.75) is 174 Å². The minimum atomic E-state index is -2.82. The molecule has 1 saturated heterocycles. The molecule has 0 saturated carbocycles. The molecule has 0 aromatic heterocycles. The summed E-state index contributed by atoms with van der Waals surface area (Å²) in [5.41, 5.74) is 9.83. The third-order valence-corrected chi connectivity index (χ3v) is 24.7. The lowest BCUT2D eigenvalue weighted by Crippen LogP contribution is -2.67. The van der Waals surface area contributed by atoms with E-state index in [2.05, 4.69) is 171 Å². The summed E-state index contributed by atoms with van der Waals surface area (Å²) in [6, 6.07) is 25.9. The number of hydrogen-bond acceptors (Lipinski definition) is 10. The Kier molecular flexibility index (Phi) is 21.0. The van der Waals surface area contributed by atoms with Gasteiger partial charge in [0.05, 0.1) is 25.4 Å². The normalized spacial score (nSPS) is 18.1. The Bertz CT molecular complexity index is 2110. The van der Waals surface area contributed by atoms with Crippen LogP contribution >= 0.6 is 0 Å². The van der Waals surface area contributed by atoms with Gasteiger partial charge in [-0.3, -0.25) is 0 Å². The molecule has 4 rings (SSSR count). The highest BCUT2D eigenvalue weighted by atomic mass is 28.4. The number of azide groups is 1. The van der Waals surface area contributed by atoms with E-state index in [0.29, 0.717) is 68.1 Å². The number of rotatable bonds is 26. The van der Waals surface area contributed by atoms with Crippen molar-refractivity contribution in [3.8, 4) is 11.5 Å². The zero-order valence-electron chi connectivity index (χ0n) is 44.8. The molecule has 1 aliphatic rings. The third kappa shape index (κ3) is 16.1. The zero-order chi connectivity index (χ0) is 51.3. The molecule has 0 radical (unpaired) electrons. The predicted octanol–water partition coefficient (Wildman–Crippen LogP) is 12.6. The van der Waals surface area contributed by atoms with Crippen molar-refractivity contribution in [2.75, 3.05) is 33.7 Å². The van der Waals surface area contributed by atoms with E-state index < -0.39 is 48.7 Å². The maximum atomic E-state index is 14.1. The maximum Gasteiger partial charge on any atom is 0.342 e. The molecule has 3 aromatic rings. The minimum Gasteiger partial charge on any atom is -0.493 e. The number of esters is 1. The van der Waals surface area contributed by atoms with Crippen LogP contribution < -0.4 is 19.8 Å². The molecule has 12 nitrogen and oxygen atoms in total. The number of hydrogen-bond donors (Lipinski definition) is 0. The van der Waals surface area contributed by atoms with Crippen LogP contribution in [0.4, 0.5) is 0 Å². The monoisotopic (exact) mass is 1000 g/mol. The first kappa shape index (κ1) is 57.8. The van der Waals surface area contributed by atoms with E-state index in [0.717, 1.165) is 6.04 Å². The second-order valence-corrected chi connectivity index (χ2v) is 37.3. The van der Waals surface area contributed by atoms with Crippen molar-refractivity contribution in [1.82, 2.24) is 0 Å². The van der Waals surface area contributed by atoms with Crippen LogP contribution in [0.1, 0.15) is 104 Å². The zero-order valence-corrected chi connectivity index (χ0v) is 47.8. The van der Waals surface area contributed by atoms with E-state index in [9.17, 15) is 4.79 Å². The summed E-state index contributed by atoms with van der Waals surface area (Å²) in [7, 11) is -5.13. The molecule has 3 aromatic carbocycles. The highest BCUT2D eigenvalue weighted by Crippen LogP contribution is 2.42. The smallest absolute Gasteiger partial charge is 0.342 e.